The Bertz CT molecular complexity index is 414. The average Bonchev–Trinajstić information content (AvgIpc) is 2.15. The highest BCUT2D eigenvalue weighted by Gasteiger charge is 2.33. The van der Waals surface area contributed by atoms with Gasteiger partial charge in [-0.1, -0.05) is 6.07 Å². The van der Waals surface area contributed by atoms with E-state index in [1.165, 1.54) is 6.07 Å². The first-order chi connectivity index (χ1) is 6.86. The minimum atomic E-state index is -4.66. The molecule has 15 heavy (non-hydrogen) atoms. The maximum absolute atomic E-state index is 12.1. The third-order valence-electron chi connectivity index (χ3n) is 1.60. The van der Waals surface area contributed by atoms with E-state index in [2.05, 4.69) is 4.98 Å². The Hall–Kier alpha value is -1.59. The monoisotopic (exact) mass is 216 g/mol. The third-order valence-corrected chi connectivity index (χ3v) is 1.60. The minimum Gasteiger partial charge on any atom is -0.423 e. The van der Waals surface area contributed by atoms with E-state index in [9.17, 15) is 13.2 Å². The highest BCUT2D eigenvalue weighted by molar-refractivity contribution is 6.59. The molecule has 1 aromatic heterocycles. The summed E-state index contributed by atoms with van der Waals surface area (Å²) in [5.41, 5.74) is -2.26. The molecule has 0 aliphatic heterocycles. The molecule has 0 aliphatic carbocycles. The molecule has 8 heteroatoms. The largest absolute Gasteiger partial charge is 0.491 e. The fourth-order valence-corrected chi connectivity index (χ4v) is 0.926. The lowest BCUT2D eigenvalue weighted by Gasteiger charge is -2.07. The van der Waals surface area contributed by atoms with Crippen LogP contribution in [0.25, 0.3) is 0 Å². The summed E-state index contributed by atoms with van der Waals surface area (Å²) in [4.78, 5) is 2.98. The predicted octanol–water partition coefficient (Wildman–Crippen LogP) is -0.348. The molecule has 1 aromatic rings. The van der Waals surface area contributed by atoms with E-state index in [1.54, 1.807) is 0 Å². The van der Waals surface area contributed by atoms with Gasteiger partial charge in [0.2, 0.25) is 0 Å². The van der Waals surface area contributed by atoms with E-state index in [-0.39, 0.29) is 5.46 Å². The van der Waals surface area contributed by atoms with Crippen molar-refractivity contribution in [1.29, 1.82) is 5.26 Å². The highest BCUT2D eigenvalue weighted by atomic mass is 19.4. The molecule has 0 atom stereocenters. The van der Waals surface area contributed by atoms with E-state index in [0.717, 1.165) is 6.07 Å². The molecule has 0 aromatic carbocycles. The Morgan fingerprint density at radius 3 is 2.33 bits per heavy atom. The number of alkyl halides is 3. The summed E-state index contributed by atoms with van der Waals surface area (Å²) in [7, 11) is -2.02. The molecule has 0 radical (unpaired) electrons. The van der Waals surface area contributed by atoms with Crippen LogP contribution in [-0.2, 0) is 6.18 Å². The van der Waals surface area contributed by atoms with E-state index < -0.39 is 24.7 Å². The zero-order valence-electron chi connectivity index (χ0n) is 7.15. The molecule has 2 N–H and O–H groups in total. The van der Waals surface area contributed by atoms with Crippen molar-refractivity contribution in [2.45, 2.75) is 6.18 Å². The van der Waals surface area contributed by atoms with E-state index in [0.29, 0.717) is 6.07 Å². The van der Waals surface area contributed by atoms with Gasteiger partial charge >= 0.3 is 13.3 Å². The fraction of sp³-hybridized carbons (Fsp3) is 0.143. The van der Waals surface area contributed by atoms with Crippen LogP contribution in [0.3, 0.4) is 0 Å². The van der Waals surface area contributed by atoms with Crippen molar-refractivity contribution < 1.29 is 23.2 Å². The number of halogens is 3. The van der Waals surface area contributed by atoms with Crippen molar-refractivity contribution in [2.24, 2.45) is 0 Å². The van der Waals surface area contributed by atoms with Crippen LogP contribution in [-0.4, -0.2) is 22.2 Å². The van der Waals surface area contributed by atoms with Crippen molar-refractivity contribution in [3.63, 3.8) is 0 Å². The zero-order valence-corrected chi connectivity index (χ0v) is 7.15. The molecule has 0 aliphatic rings. The number of aromatic nitrogens is 1. The maximum Gasteiger partial charge on any atom is 0.491 e. The number of hydrogen-bond donors (Lipinski definition) is 2. The minimum absolute atomic E-state index is 0.356. The van der Waals surface area contributed by atoms with Gasteiger partial charge in [0, 0.05) is 5.46 Å². The SMILES string of the molecule is N#Cc1nc(C(F)(F)F)ccc1B(O)O. The molecule has 78 valence electrons. The molecule has 1 rings (SSSR count). The van der Waals surface area contributed by atoms with Crippen LogP contribution in [0.2, 0.25) is 0 Å². The fourth-order valence-electron chi connectivity index (χ4n) is 0.926. The summed E-state index contributed by atoms with van der Waals surface area (Å²) in [6.45, 7) is 0. The summed E-state index contributed by atoms with van der Waals surface area (Å²) < 4.78 is 36.4. The third kappa shape index (κ3) is 2.46. The topological polar surface area (TPSA) is 77.1 Å². The molecule has 0 bridgehead atoms. The molecule has 0 saturated heterocycles. The van der Waals surface area contributed by atoms with Crippen LogP contribution < -0.4 is 5.46 Å². The van der Waals surface area contributed by atoms with Crippen molar-refractivity contribution >= 4 is 12.6 Å². The predicted molar refractivity (Wildman–Crippen MR) is 43.8 cm³/mol. The van der Waals surface area contributed by atoms with Gasteiger partial charge in [0.1, 0.15) is 17.5 Å². The summed E-state index contributed by atoms with van der Waals surface area (Å²) in [6, 6.07) is 2.74. The van der Waals surface area contributed by atoms with Crippen molar-refractivity contribution in [2.75, 3.05) is 0 Å². The maximum atomic E-state index is 12.1. The van der Waals surface area contributed by atoms with E-state index in [4.69, 9.17) is 15.3 Å². The number of hydrogen-bond acceptors (Lipinski definition) is 4. The lowest BCUT2D eigenvalue weighted by atomic mass is 9.79. The summed E-state index contributed by atoms with van der Waals surface area (Å²) in [5.74, 6) is 0. The van der Waals surface area contributed by atoms with Crippen molar-refractivity contribution in [3.05, 3.63) is 23.5 Å². The summed E-state index contributed by atoms with van der Waals surface area (Å²) in [6.07, 6.45) is -4.66. The molecular formula is C7H4BF3N2O2. The van der Waals surface area contributed by atoms with E-state index in [1.807, 2.05) is 0 Å². The van der Waals surface area contributed by atoms with Crippen LogP contribution >= 0.6 is 0 Å². The van der Waals surface area contributed by atoms with Gasteiger partial charge in [-0.2, -0.15) is 18.4 Å². The van der Waals surface area contributed by atoms with Gasteiger partial charge in [0.15, 0.2) is 0 Å². The average molecular weight is 216 g/mol. The van der Waals surface area contributed by atoms with Crippen LogP contribution in [0, 0.1) is 11.3 Å². The first-order valence-corrected chi connectivity index (χ1v) is 3.70. The van der Waals surface area contributed by atoms with E-state index >= 15 is 0 Å². The molecule has 0 saturated carbocycles. The van der Waals surface area contributed by atoms with Gasteiger partial charge in [-0.15, -0.1) is 0 Å². The molecular weight excluding hydrogens is 212 g/mol. The Kier molecular flexibility index (Phi) is 2.97. The van der Waals surface area contributed by atoms with Gasteiger partial charge in [-0.3, -0.25) is 0 Å². The lowest BCUT2D eigenvalue weighted by Crippen LogP contribution is -2.33. The van der Waals surface area contributed by atoms with Crippen LogP contribution in [0.1, 0.15) is 11.4 Å². The Balaban J connectivity index is 3.27. The number of nitriles is 1. The van der Waals surface area contributed by atoms with Gasteiger partial charge in [0.25, 0.3) is 0 Å². The van der Waals surface area contributed by atoms with Crippen molar-refractivity contribution in [3.8, 4) is 6.07 Å². The first kappa shape index (κ1) is 11.5. The second-order valence-electron chi connectivity index (χ2n) is 2.62. The lowest BCUT2D eigenvalue weighted by molar-refractivity contribution is -0.141. The van der Waals surface area contributed by atoms with Crippen LogP contribution in [0.4, 0.5) is 13.2 Å². The standard InChI is InChI=1S/C7H4BF3N2O2/c9-7(10,11)6-2-1-4(8(14)15)5(3-12)13-6/h1-2,14-15H. The van der Waals surface area contributed by atoms with Gasteiger partial charge < -0.3 is 10.0 Å². The number of nitrogens with zero attached hydrogens (tertiary/aromatic N) is 2. The van der Waals surface area contributed by atoms with Gasteiger partial charge in [-0.25, -0.2) is 4.98 Å². The van der Waals surface area contributed by atoms with Gasteiger partial charge in [-0.05, 0) is 6.07 Å². The molecule has 0 unspecified atom stereocenters. The number of pyridine rings is 1. The smallest absolute Gasteiger partial charge is 0.423 e. The van der Waals surface area contributed by atoms with Crippen LogP contribution in [0.5, 0.6) is 0 Å². The second kappa shape index (κ2) is 3.88. The molecule has 0 fully saturated rings. The summed E-state index contributed by atoms with van der Waals surface area (Å²) >= 11 is 0. The van der Waals surface area contributed by atoms with Crippen LogP contribution in [0.15, 0.2) is 12.1 Å². The van der Waals surface area contributed by atoms with Crippen molar-refractivity contribution in [1.82, 2.24) is 4.98 Å². The second-order valence-corrected chi connectivity index (χ2v) is 2.62. The van der Waals surface area contributed by atoms with Gasteiger partial charge in [0.05, 0.1) is 0 Å². The Morgan fingerprint density at radius 2 is 1.93 bits per heavy atom. The Labute approximate surface area is 82.8 Å². The molecule has 0 spiro atoms. The normalized spacial score (nSPS) is 10.9. The summed E-state index contributed by atoms with van der Waals surface area (Å²) in [5, 5.41) is 25.9. The molecule has 4 nitrogen and oxygen atoms in total. The first-order valence-electron chi connectivity index (χ1n) is 3.70. The highest BCUT2D eigenvalue weighted by Crippen LogP contribution is 2.26. The Morgan fingerprint density at radius 1 is 1.33 bits per heavy atom. The zero-order chi connectivity index (χ0) is 11.6. The quantitative estimate of drug-likeness (QED) is 0.629. The molecule has 0 amide bonds. The molecule has 1 heterocycles. The number of rotatable bonds is 1.